The lowest BCUT2D eigenvalue weighted by Gasteiger charge is -2.13. The van der Waals surface area contributed by atoms with Crippen LogP contribution in [-0.4, -0.2) is 35.6 Å². The van der Waals surface area contributed by atoms with E-state index in [1.807, 2.05) is 19.9 Å². The van der Waals surface area contributed by atoms with Crippen LogP contribution >= 0.6 is 0 Å². The van der Waals surface area contributed by atoms with Crippen molar-refractivity contribution in [2.24, 2.45) is 0 Å². The van der Waals surface area contributed by atoms with Crippen molar-refractivity contribution in [3.05, 3.63) is 52.7 Å². The number of aromatic nitrogens is 1. The van der Waals surface area contributed by atoms with Gasteiger partial charge in [0.1, 0.15) is 6.54 Å². The minimum Gasteiger partial charge on any atom is -0.481 e. The molecular weight excluding hydrogens is 322 g/mol. The molecule has 0 aliphatic rings. The molecule has 0 unspecified atom stereocenters. The van der Waals surface area contributed by atoms with Crippen molar-refractivity contribution >= 4 is 17.6 Å². The number of pyridine rings is 1. The van der Waals surface area contributed by atoms with Crippen LogP contribution in [0.15, 0.2) is 30.3 Å². The molecule has 25 heavy (non-hydrogen) atoms. The summed E-state index contributed by atoms with van der Waals surface area (Å²) in [6, 6.07) is 8.60. The van der Waals surface area contributed by atoms with Crippen LogP contribution in [0, 0.1) is 13.8 Å². The van der Waals surface area contributed by atoms with Crippen LogP contribution in [0.25, 0.3) is 0 Å². The van der Waals surface area contributed by atoms with E-state index in [0.29, 0.717) is 17.1 Å². The van der Waals surface area contributed by atoms with Crippen molar-refractivity contribution in [2.45, 2.75) is 20.4 Å². The number of carboxylic acid groups (broad SMARTS) is 1. The summed E-state index contributed by atoms with van der Waals surface area (Å²) < 4.78 is 5.29. The van der Waals surface area contributed by atoms with Gasteiger partial charge in [-0.2, -0.15) is 0 Å². The molecule has 0 spiro atoms. The Labute approximate surface area is 146 Å². The molecule has 2 aromatic rings. The fourth-order valence-electron chi connectivity index (χ4n) is 2.43. The number of benzene rings is 1. The highest BCUT2D eigenvalue weighted by atomic mass is 16.5. The van der Waals surface area contributed by atoms with Gasteiger partial charge in [-0.3, -0.25) is 9.59 Å². The second-order valence-electron chi connectivity index (χ2n) is 5.58. The van der Waals surface area contributed by atoms with Crippen LogP contribution in [0.5, 0.6) is 5.88 Å². The first kappa shape index (κ1) is 18.3. The highest BCUT2D eigenvalue weighted by Crippen LogP contribution is 2.20. The minimum atomic E-state index is -0.968. The second-order valence-corrected chi connectivity index (χ2v) is 5.58. The SMILES string of the molecule is COc1nc(C)cc(C)c1CNC(=O)c1cccc(NCC(=O)O)c1. The van der Waals surface area contributed by atoms with Gasteiger partial charge < -0.3 is 20.5 Å². The topological polar surface area (TPSA) is 101 Å². The molecular formula is C18H21N3O4. The van der Waals surface area contributed by atoms with Crippen molar-refractivity contribution in [2.75, 3.05) is 19.0 Å². The third-order valence-corrected chi connectivity index (χ3v) is 3.63. The van der Waals surface area contributed by atoms with E-state index in [9.17, 15) is 9.59 Å². The number of methoxy groups -OCH3 is 1. The lowest BCUT2D eigenvalue weighted by atomic mass is 10.1. The molecule has 0 radical (unpaired) electrons. The monoisotopic (exact) mass is 343 g/mol. The Morgan fingerprint density at radius 1 is 1.24 bits per heavy atom. The zero-order chi connectivity index (χ0) is 18.4. The van der Waals surface area contributed by atoms with Gasteiger partial charge in [0.05, 0.1) is 7.11 Å². The minimum absolute atomic E-state index is 0.212. The van der Waals surface area contributed by atoms with Crippen LogP contribution in [0.3, 0.4) is 0 Å². The van der Waals surface area contributed by atoms with Crippen molar-refractivity contribution in [1.82, 2.24) is 10.3 Å². The fraction of sp³-hybridized carbons (Fsp3) is 0.278. The molecule has 132 valence electrons. The number of aliphatic carboxylic acids is 1. The molecule has 1 aromatic heterocycles. The molecule has 7 heteroatoms. The Kier molecular flexibility index (Phi) is 5.94. The predicted octanol–water partition coefficient (Wildman–Crippen LogP) is 2.13. The summed E-state index contributed by atoms with van der Waals surface area (Å²) in [5.41, 5.74) is 3.66. The van der Waals surface area contributed by atoms with Gasteiger partial charge in [-0.15, -0.1) is 0 Å². The molecule has 2 rings (SSSR count). The lowest BCUT2D eigenvalue weighted by Crippen LogP contribution is -2.24. The summed E-state index contributed by atoms with van der Waals surface area (Å²) in [7, 11) is 1.55. The average molecular weight is 343 g/mol. The highest BCUT2D eigenvalue weighted by molar-refractivity contribution is 5.95. The number of rotatable bonds is 7. The Morgan fingerprint density at radius 2 is 2.00 bits per heavy atom. The fourth-order valence-corrected chi connectivity index (χ4v) is 2.43. The standard InChI is InChI=1S/C18H21N3O4/c1-11-7-12(2)21-18(25-3)15(11)9-20-17(24)13-5-4-6-14(8-13)19-10-16(22)23/h4-8,19H,9-10H2,1-3H3,(H,20,24)(H,22,23). The molecule has 1 aromatic carbocycles. The number of anilines is 1. The predicted molar refractivity (Wildman–Crippen MR) is 94.0 cm³/mol. The maximum atomic E-state index is 12.4. The number of carbonyl (C=O) groups excluding carboxylic acids is 1. The maximum absolute atomic E-state index is 12.4. The number of hydrogen-bond donors (Lipinski definition) is 3. The molecule has 0 bridgehead atoms. The van der Waals surface area contributed by atoms with Crippen molar-refractivity contribution < 1.29 is 19.4 Å². The number of hydrogen-bond acceptors (Lipinski definition) is 5. The number of carbonyl (C=O) groups is 2. The van der Waals surface area contributed by atoms with Crippen LogP contribution < -0.4 is 15.4 Å². The Balaban J connectivity index is 2.08. The van der Waals surface area contributed by atoms with E-state index in [-0.39, 0.29) is 19.0 Å². The number of nitrogens with zero attached hydrogens (tertiary/aromatic N) is 1. The first-order valence-corrected chi connectivity index (χ1v) is 7.75. The molecule has 0 saturated heterocycles. The first-order chi connectivity index (χ1) is 11.9. The molecule has 3 N–H and O–H groups in total. The average Bonchev–Trinajstić information content (AvgIpc) is 2.58. The molecule has 0 aliphatic carbocycles. The molecule has 0 atom stereocenters. The van der Waals surface area contributed by atoms with Crippen LogP contribution in [0.2, 0.25) is 0 Å². The Morgan fingerprint density at radius 3 is 2.68 bits per heavy atom. The zero-order valence-corrected chi connectivity index (χ0v) is 14.4. The van der Waals surface area contributed by atoms with Gasteiger partial charge in [0, 0.05) is 29.1 Å². The van der Waals surface area contributed by atoms with Gasteiger partial charge in [-0.1, -0.05) is 6.07 Å². The summed E-state index contributed by atoms with van der Waals surface area (Å²) in [6.07, 6.45) is 0. The first-order valence-electron chi connectivity index (χ1n) is 7.75. The number of carboxylic acids is 1. The molecule has 7 nitrogen and oxygen atoms in total. The number of ether oxygens (including phenoxy) is 1. The van der Waals surface area contributed by atoms with E-state index in [4.69, 9.17) is 9.84 Å². The summed E-state index contributed by atoms with van der Waals surface area (Å²) >= 11 is 0. The van der Waals surface area contributed by atoms with Crippen LogP contribution in [0.4, 0.5) is 5.69 Å². The lowest BCUT2D eigenvalue weighted by molar-refractivity contribution is -0.134. The van der Waals surface area contributed by atoms with E-state index in [2.05, 4.69) is 15.6 Å². The molecule has 0 saturated carbocycles. The van der Waals surface area contributed by atoms with Gasteiger partial charge >= 0.3 is 5.97 Å². The Hall–Kier alpha value is -3.09. The van der Waals surface area contributed by atoms with Gasteiger partial charge in [-0.25, -0.2) is 4.98 Å². The van der Waals surface area contributed by atoms with Crippen LogP contribution in [0.1, 0.15) is 27.2 Å². The number of nitrogens with one attached hydrogen (secondary N) is 2. The van der Waals surface area contributed by atoms with Gasteiger partial charge in [0.2, 0.25) is 5.88 Å². The van der Waals surface area contributed by atoms with Gasteiger partial charge in [-0.05, 0) is 43.7 Å². The summed E-state index contributed by atoms with van der Waals surface area (Å²) in [6.45, 7) is 3.90. The maximum Gasteiger partial charge on any atom is 0.322 e. The molecule has 1 amide bonds. The van der Waals surface area contributed by atoms with E-state index in [1.54, 1.807) is 31.4 Å². The normalized spacial score (nSPS) is 10.2. The zero-order valence-electron chi connectivity index (χ0n) is 14.4. The molecule has 0 fully saturated rings. The third-order valence-electron chi connectivity index (χ3n) is 3.63. The van der Waals surface area contributed by atoms with E-state index < -0.39 is 5.97 Å². The summed E-state index contributed by atoms with van der Waals surface area (Å²) in [4.78, 5) is 27.3. The van der Waals surface area contributed by atoms with Gasteiger partial charge in [0.25, 0.3) is 5.91 Å². The van der Waals surface area contributed by atoms with Crippen molar-refractivity contribution in [3.63, 3.8) is 0 Å². The molecule has 0 aliphatic heterocycles. The van der Waals surface area contributed by atoms with Crippen molar-refractivity contribution in [1.29, 1.82) is 0 Å². The van der Waals surface area contributed by atoms with Crippen molar-refractivity contribution in [3.8, 4) is 5.88 Å². The van der Waals surface area contributed by atoms with E-state index in [1.165, 1.54) is 0 Å². The molecule has 1 heterocycles. The quantitative estimate of drug-likeness (QED) is 0.712. The smallest absolute Gasteiger partial charge is 0.322 e. The third kappa shape index (κ3) is 4.94. The highest BCUT2D eigenvalue weighted by Gasteiger charge is 2.12. The summed E-state index contributed by atoms with van der Waals surface area (Å²) in [5, 5.41) is 14.3. The second kappa shape index (κ2) is 8.14. The van der Waals surface area contributed by atoms with Crippen LogP contribution in [-0.2, 0) is 11.3 Å². The van der Waals surface area contributed by atoms with E-state index >= 15 is 0 Å². The Bertz CT molecular complexity index is 790. The van der Waals surface area contributed by atoms with E-state index in [0.717, 1.165) is 16.8 Å². The largest absolute Gasteiger partial charge is 0.481 e. The van der Waals surface area contributed by atoms with Gasteiger partial charge in [0.15, 0.2) is 0 Å². The summed E-state index contributed by atoms with van der Waals surface area (Å²) in [5.74, 6) is -0.736. The number of amides is 1. The number of aryl methyl sites for hydroxylation is 2.